The Morgan fingerprint density at radius 1 is 1.19 bits per heavy atom. The van der Waals surface area contributed by atoms with Crippen LogP contribution in [0.3, 0.4) is 0 Å². The van der Waals surface area contributed by atoms with Gasteiger partial charge in [0.25, 0.3) is 5.89 Å². The van der Waals surface area contributed by atoms with E-state index in [1.54, 1.807) is 0 Å². The average Bonchev–Trinajstić information content (AvgIpc) is 3.15. The number of hydrogen-bond donors (Lipinski definition) is 0. The molecule has 6 nitrogen and oxygen atoms in total. The van der Waals surface area contributed by atoms with Crippen LogP contribution in [0.25, 0.3) is 11.4 Å². The summed E-state index contributed by atoms with van der Waals surface area (Å²) in [6.07, 6.45) is 0. The number of carbonyl (C=O) groups is 1. The predicted octanol–water partition coefficient (Wildman–Crippen LogP) is 4.36. The summed E-state index contributed by atoms with van der Waals surface area (Å²) in [4.78, 5) is 16.2. The molecular formula is C20H19FN2O4. The van der Waals surface area contributed by atoms with E-state index in [0.29, 0.717) is 11.7 Å². The summed E-state index contributed by atoms with van der Waals surface area (Å²) in [5, 5.41) is 3.89. The molecule has 0 atom stereocenters. The first-order valence-corrected chi connectivity index (χ1v) is 8.41. The number of benzene rings is 2. The number of hydrogen-bond acceptors (Lipinski definition) is 6. The zero-order valence-electron chi connectivity index (χ0n) is 15.2. The first kappa shape index (κ1) is 18.6. The smallest absolute Gasteiger partial charge is 0.338 e. The van der Waals surface area contributed by atoms with Gasteiger partial charge in [-0.25, -0.2) is 9.18 Å². The van der Waals surface area contributed by atoms with E-state index in [2.05, 4.69) is 24.0 Å². The molecule has 0 aliphatic carbocycles. The maximum Gasteiger partial charge on any atom is 0.338 e. The molecule has 3 aromatic rings. The van der Waals surface area contributed by atoms with Crippen LogP contribution in [-0.4, -0.2) is 23.2 Å². The summed E-state index contributed by atoms with van der Waals surface area (Å²) in [6.45, 7) is 4.03. The lowest BCUT2D eigenvalue weighted by atomic mass is 10.0. The van der Waals surface area contributed by atoms with Gasteiger partial charge in [-0.1, -0.05) is 43.3 Å². The molecule has 0 bridgehead atoms. The second-order valence-electron chi connectivity index (χ2n) is 6.21. The number of esters is 1. The van der Waals surface area contributed by atoms with Crippen molar-refractivity contribution in [1.82, 2.24) is 10.1 Å². The highest BCUT2D eigenvalue weighted by molar-refractivity contribution is 5.89. The van der Waals surface area contributed by atoms with Crippen molar-refractivity contribution in [3.63, 3.8) is 0 Å². The van der Waals surface area contributed by atoms with Gasteiger partial charge in [0.15, 0.2) is 18.2 Å². The zero-order valence-corrected chi connectivity index (χ0v) is 15.2. The lowest BCUT2D eigenvalue weighted by molar-refractivity contribution is 0.0429. The molecule has 0 unspecified atom stereocenters. The number of carbonyl (C=O) groups excluding carboxylic acids is 1. The SMILES string of the molecule is COc1ccc(C(=O)OCc2nc(-c3ccc(C(C)C)cc3)no2)cc1F. The lowest BCUT2D eigenvalue weighted by Crippen LogP contribution is -2.06. The largest absolute Gasteiger partial charge is 0.494 e. The van der Waals surface area contributed by atoms with Crippen molar-refractivity contribution >= 4 is 5.97 Å². The minimum Gasteiger partial charge on any atom is -0.494 e. The minimum atomic E-state index is -0.697. The van der Waals surface area contributed by atoms with Gasteiger partial charge in [0.1, 0.15) is 0 Å². The molecule has 0 aliphatic rings. The fourth-order valence-corrected chi connectivity index (χ4v) is 2.45. The number of methoxy groups -OCH3 is 1. The molecule has 0 aliphatic heterocycles. The van der Waals surface area contributed by atoms with Crippen LogP contribution in [0, 0.1) is 5.82 Å². The Kier molecular flexibility index (Phi) is 5.49. The van der Waals surface area contributed by atoms with Crippen molar-refractivity contribution < 1.29 is 23.2 Å². The summed E-state index contributed by atoms with van der Waals surface area (Å²) in [7, 11) is 1.35. The first-order valence-electron chi connectivity index (χ1n) is 8.41. The first-order chi connectivity index (χ1) is 13.0. The Balaban J connectivity index is 1.64. The predicted molar refractivity (Wildman–Crippen MR) is 95.9 cm³/mol. The van der Waals surface area contributed by atoms with Crippen molar-refractivity contribution in [3.05, 3.63) is 65.3 Å². The van der Waals surface area contributed by atoms with E-state index < -0.39 is 11.8 Å². The third-order valence-corrected chi connectivity index (χ3v) is 4.02. The molecule has 0 N–H and O–H groups in total. The normalized spacial score (nSPS) is 10.9. The summed E-state index contributed by atoms with van der Waals surface area (Å²) in [6, 6.07) is 11.7. The van der Waals surface area contributed by atoms with Gasteiger partial charge >= 0.3 is 5.97 Å². The van der Waals surface area contributed by atoms with Gasteiger partial charge in [-0.2, -0.15) is 4.98 Å². The molecule has 1 heterocycles. The maximum atomic E-state index is 13.7. The molecule has 0 radical (unpaired) electrons. The molecule has 3 rings (SSSR count). The van der Waals surface area contributed by atoms with Crippen molar-refractivity contribution in [3.8, 4) is 17.1 Å². The van der Waals surface area contributed by atoms with Gasteiger partial charge in [-0.15, -0.1) is 0 Å². The number of aromatic nitrogens is 2. The van der Waals surface area contributed by atoms with Crippen molar-refractivity contribution in [2.75, 3.05) is 7.11 Å². The molecule has 7 heteroatoms. The van der Waals surface area contributed by atoms with Crippen LogP contribution in [-0.2, 0) is 11.3 Å². The molecule has 0 amide bonds. The van der Waals surface area contributed by atoms with E-state index in [1.165, 1.54) is 24.8 Å². The topological polar surface area (TPSA) is 74.5 Å². The van der Waals surface area contributed by atoms with Gasteiger partial charge in [-0.3, -0.25) is 0 Å². The van der Waals surface area contributed by atoms with Gasteiger partial charge < -0.3 is 14.0 Å². The Labute approximate surface area is 155 Å². The Morgan fingerprint density at radius 3 is 2.56 bits per heavy atom. The van der Waals surface area contributed by atoms with E-state index >= 15 is 0 Å². The summed E-state index contributed by atoms with van der Waals surface area (Å²) < 4.78 is 28.7. The zero-order chi connectivity index (χ0) is 19.4. The van der Waals surface area contributed by atoms with Gasteiger partial charge in [0, 0.05) is 5.56 Å². The Morgan fingerprint density at radius 2 is 1.93 bits per heavy atom. The standard InChI is InChI=1S/C20H19FN2O4/c1-12(2)13-4-6-14(7-5-13)19-22-18(27-23-19)11-26-20(24)15-8-9-17(25-3)16(21)10-15/h4-10,12H,11H2,1-3H3. The van der Waals surface area contributed by atoms with Gasteiger partial charge in [0.2, 0.25) is 5.82 Å². The van der Waals surface area contributed by atoms with Crippen molar-refractivity contribution in [2.24, 2.45) is 0 Å². The Hall–Kier alpha value is -3.22. The van der Waals surface area contributed by atoms with Crippen LogP contribution in [0.2, 0.25) is 0 Å². The molecule has 0 fully saturated rings. The van der Waals surface area contributed by atoms with E-state index in [-0.39, 0.29) is 23.8 Å². The highest BCUT2D eigenvalue weighted by Crippen LogP contribution is 2.21. The summed E-state index contributed by atoms with van der Waals surface area (Å²) in [5.41, 5.74) is 2.08. The average molecular weight is 370 g/mol. The number of nitrogens with zero attached hydrogens (tertiary/aromatic N) is 2. The van der Waals surface area contributed by atoms with Crippen LogP contribution in [0.15, 0.2) is 47.0 Å². The van der Waals surface area contributed by atoms with Crippen LogP contribution in [0.5, 0.6) is 5.75 Å². The summed E-state index contributed by atoms with van der Waals surface area (Å²) in [5.74, 6) is -0.291. The van der Waals surface area contributed by atoms with Gasteiger partial charge in [0.05, 0.1) is 12.7 Å². The molecule has 0 spiro atoms. The fourth-order valence-electron chi connectivity index (χ4n) is 2.45. The molecule has 2 aromatic carbocycles. The second kappa shape index (κ2) is 7.99. The van der Waals surface area contributed by atoms with Crippen LogP contribution in [0.1, 0.15) is 41.6 Å². The molecule has 0 saturated heterocycles. The number of rotatable bonds is 6. The van der Waals surface area contributed by atoms with E-state index in [0.717, 1.165) is 11.6 Å². The highest BCUT2D eigenvalue weighted by Gasteiger charge is 2.14. The molecule has 27 heavy (non-hydrogen) atoms. The quantitative estimate of drug-likeness (QED) is 0.600. The number of ether oxygens (including phenoxy) is 2. The third kappa shape index (κ3) is 4.31. The van der Waals surface area contributed by atoms with E-state index in [9.17, 15) is 9.18 Å². The third-order valence-electron chi connectivity index (χ3n) is 4.02. The highest BCUT2D eigenvalue weighted by atomic mass is 19.1. The van der Waals surface area contributed by atoms with Crippen molar-refractivity contribution in [1.29, 1.82) is 0 Å². The molecular weight excluding hydrogens is 351 g/mol. The monoisotopic (exact) mass is 370 g/mol. The molecule has 1 aromatic heterocycles. The van der Waals surface area contributed by atoms with Crippen LogP contribution in [0.4, 0.5) is 4.39 Å². The Bertz CT molecular complexity index is 935. The van der Waals surface area contributed by atoms with Crippen LogP contribution < -0.4 is 4.74 Å². The minimum absolute atomic E-state index is 0.0524. The second-order valence-corrected chi connectivity index (χ2v) is 6.21. The lowest BCUT2D eigenvalue weighted by Gasteiger charge is -2.05. The number of halogens is 1. The van der Waals surface area contributed by atoms with Crippen LogP contribution >= 0.6 is 0 Å². The van der Waals surface area contributed by atoms with Crippen molar-refractivity contribution in [2.45, 2.75) is 26.4 Å². The molecule has 0 saturated carbocycles. The summed E-state index contributed by atoms with van der Waals surface area (Å²) >= 11 is 0. The molecule has 140 valence electrons. The van der Waals surface area contributed by atoms with Gasteiger partial charge in [-0.05, 0) is 29.7 Å². The van der Waals surface area contributed by atoms with E-state index in [1.807, 2.05) is 24.3 Å². The fraction of sp³-hybridized carbons (Fsp3) is 0.250. The van der Waals surface area contributed by atoms with E-state index in [4.69, 9.17) is 14.0 Å². The maximum absolute atomic E-state index is 13.7.